The molecule has 2 heterocycles. The Balaban J connectivity index is 1.53. The lowest BCUT2D eigenvalue weighted by Crippen LogP contribution is -2.45. The van der Waals surface area contributed by atoms with Crippen molar-refractivity contribution in [3.8, 4) is 0 Å². The lowest BCUT2D eigenvalue weighted by atomic mass is 9.76. The maximum absolute atomic E-state index is 14.5. The lowest BCUT2D eigenvalue weighted by Gasteiger charge is -2.35. The maximum Gasteiger partial charge on any atom is 0.229 e. The number of nitrogens with zero attached hydrogens (tertiary/aromatic N) is 2. The molecular formula is C22H26FN5O2. The van der Waals surface area contributed by atoms with E-state index in [0.717, 1.165) is 43.1 Å². The van der Waals surface area contributed by atoms with Crippen LogP contribution in [0, 0.1) is 29.5 Å². The van der Waals surface area contributed by atoms with E-state index >= 15 is 0 Å². The predicted octanol–water partition coefficient (Wildman–Crippen LogP) is 3.11. The summed E-state index contributed by atoms with van der Waals surface area (Å²) >= 11 is 0. The smallest absolute Gasteiger partial charge is 0.229 e. The molecule has 5 rings (SSSR count). The van der Waals surface area contributed by atoms with E-state index in [1.165, 1.54) is 0 Å². The molecule has 2 aliphatic carbocycles. The van der Waals surface area contributed by atoms with Crippen molar-refractivity contribution in [1.82, 2.24) is 9.97 Å². The summed E-state index contributed by atoms with van der Waals surface area (Å²) in [5.74, 6) is -0.0127. The summed E-state index contributed by atoms with van der Waals surface area (Å²) in [7, 11) is 0. The molecule has 1 amide bonds. The average Bonchev–Trinajstić information content (AvgIpc) is 3.28. The molecule has 7 nitrogen and oxygen atoms in total. The van der Waals surface area contributed by atoms with E-state index in [1.54, 1.807) is 0 Å². The van der Waals surface area contributed by atoms with E-state index < -0.39 is 11.9 Å². The molecule has 30 heavy (non-hydrogen) atoms. The summed E-state index contributed by atoms with van der Waals surface area (Å²) < 4.78 is 14.5. The van der Waals surface area contributed by atoms with Crippen molar-refractivity contribution >= 4 is 23.4 Å². The first kappa shape index (κ1) is 19.2. The van der Waals surface area contributed by atoms with Crippen LogP contribution in [0.5, 0.6) is 0 Å². The molecule has 2 aromatic rings. The topological polar surface area (TPSA) is 113 Å². The van der Waals surface area contributed by atoms with Gasteiger partial charge in [0.05, 0.1) is 18.2 Å². The number of benzene rings is 1. The van der Waals surface area contributed by atoms with Gasteiger partial charge in [-0.2, -0.15) is 4.98 Å². The van der Waals surface area contributed by atoms with Crippen LogP contribution in [0.4, 0.5) is 21.8 Å². The van der Waals surface area contributed by atoms with E-state index in [2.05, 4.69) is 20.6 Å². The van der Waals surface area contributed by atoms with Crippen LogP contribution in [-0.2, 0) is 4.79 Å². The highest BCUT2D eigenvalue weighted by atomic mass is 19.1. The number of aliphatic hydroxyl groups excluding tert-OH is 1. The number of carbonyl (C=O) groups is 1. The number of anilines is 3. The van der Waals surface area contributed by atoms with Gasteiger partial charge in [-0.15, -0.1) is 0 Å². The van der Waals surface area contributed by atoms with Crippen LogP contribution in [0.25, 0.3) is 0 Å². The Morgan fingerprint density at radius 3 is 2.93 bits per heavy atom. The average molecular weight is 411 g/mol. The normalized spacial score (nSPS) is 32.5. The maximum atomic E-state index is 14.5. The molecule has 0 saturated heterocycles. The zero-order chi connectivity index (χ0) is 20.8. The molecule has 1 aliphatic heterocycles. The third-order valence-corrected chi connectivity index (χ3v) is 7.10. The summed E-state index contributed by atoms with van der Waals surface area (Å²) in [6.45, 7) is 0. The second-order valence-electron chi connectivity index (χ2n) is 8.84. The van der Waals surface area contributed by atoms with E-state index in [0.29, 0.717) is 12.3 Å². The highest BCUT2D eigenvalue weighted by molar-refractivity contribution is 5.79. The molecule has 1 aromatic carbocycles. The minimum atomic E-state index is -0.559. The van der Waals surface area contributed by atoms with Gasteiger partial charge in [0, 0.05) is 11.7 Å². The van der Waals surface area contributed by atoms with Gasteiger partial charge in [0.2, 0.25) is 11.9 Å². The molecule has 6 atom stereocenters. The molecule has 5 N–H and O–H groups in total. The number of hydrogen-bond acceptors (Lipinski definition) is 6. The number of hydrogen-bond donors (Lipinski definition) is 4. The van der Waals surface area contributed by atoms with Crippen LogP contribution < -0.4 is 16.4 Å². The SMILES string of the molecule is NC(=O)[C@H]1[C@@H]2C[C@H]3CCCC(O)c4cccc(c4)Nc4ncc(F)c(n4)N[C@@H]1[C@@H]3C2. The van der Waals surface area contributed by atoms with Crippen molar-refractivity contribution < 1.29 is 14.3 Å². The Hall–Kier alpha value is -2.74. The molecule has 8 heteroatoms. The Labute approximate surface area is 174 Å². The number of amides is 1. The largest absolute Gasteiger partial charge is 0.388 e. The first-order valence-corrected chi connectivity index (χ1v) is 10.6. The number of aromatic nitrogens is 2. The number of rotatable bonds is 1. The van der Waals surface area contributed by atoms with Gasteiger partial charge in [-0.1, -0.05) is 18.6 Å². The number of primary amides is 1. The van der Waals surface area contributed by atoms with Crippen molar-refractivity contribution in [2.75, 3.05) is 10.6 Å². The standard InChI is InChI=1S/C22H26FN5O2/c23-16-10-25-22-26-14-5-1-4-12(8-14)17(29)6-2-3-11-7-13-9-15(11)19(18(13)20(24)30)27-21(16)28-22/h1,4-5,8,10-11,13,15,17-19,29H,2-3,6-7,9H2,(H2,24,30)(H2,25,26,27,28)/t11-,13-,15-,17?,18+,19-/m1/s1. The first-order chi connectivity index (χ1) is 14.5. The van der Waals surface area contributed by atoms with Crippen molar-refractivity contribution in [2.24, 2.45) is 29.4 Å². The minimum absolute atomic E-state index is 0.0844. The summed E-state index contributed by atoms with van der Waals surface area (Å²) in [6, 6.07) is 7.24. The molecule has 2 saturated carbocycles. The Kier molecular flexibility index (Phi) is 4.81. The van der Waals surface area contributed by atoms with Crippen molar-refractivity contribution in [3.63, 3.8) is 0 Å². The minimum Gasteiger partial charge on any atom is -0.388 e. The van der Waals surface area contributed by atoms with Gasteiger partial charge in [0.15, 0.2) is 11.6 Å². The molecule has 1 aromatic heterocycles. The van der Waals surface area contributed by atoms with Crippen LogP contribution in [0.3, 0.4) is 0 Å². The van der Waals surface area contributed by atoms with Crippen LogP contribution in [0.1, 0.15) is 43.8 Å². The van der Waals surface area contributed by atoms with E-state index in [-0.39, 0.29) is 41.5 Å². The van der Waals surface area contributed by atoms with Gasteiger partial charge in [-0.3, -0.25) is 4.79 Å². The number of nitrogens with one attached hydrogen (secondary N) is 2. The zero-order valence-corrected chi connectivity index (χ0v) is 16.6. The third kappa shape index (κ3) is 3.39. The Bertz CT molecular complexity index is 970. The number of fused-ring (bicyclic) bond motifs is 5. The van der Waals surface area contributed by atoms with Gasteiger partial charge in [0.1, 0.15) is 0 Å². The van der Waals surface area contributed by atoms with Gasteiger partial charge >= 0.3 is 0 Å². The molecular weight excluding hydrogens is 385 g/mol. The number of halogens is 1. The molecule has 158 valence electrons. The second kappa shape index (κ2) is 7.50. The lowest BCUT2D eigenvalue weighted by molar-refractivity contribution is -0.123. The van der Waals surface area contributed by atoms with Gasteiger partial charge in [0.25, 0.3) is 0 Å². The molecule has 6 bridgehead atoms. The summed E-state index contributed by atoms with van der Waals surface area (Å²) in [5.41, 5.74) is 7.27. The van der Waals surface area contributed by atoms with Crippen molar-refractivity contribution in [2.45, 2.75) is 44.2 Å². The van der Waals surface area contributed by atoms with Crippen molar-refractivity contribution in [1.29, 1.82) is 0 Å². The number of aliphatic hydroxyl groups is 1. The molecule has 0 radical (unpaired) electrons. The molecule has 1 unspecified atom stereocenters. The van der Waals surface area contributed by atoms with Crippen LogP contribution in [0.2, 0.25) is 0 Å². The first-order valence-electron chi connectivity index (χ1n) is 10.6. The monoisotopic (exact) mass is 411 g/mol. The van der Waals surface area contributed by atoms with Crippen molar-refractivity contribution in [3.05, 3.63) is 41.8 Å². The number of nitrogens with two attached hydrogens (primary N) is 1. The fraction of sp³-hybridized carbons (Fsp3) is 0.500. The van der Waals surface area contributed by atoms with Crippen LogP contribution in [-0.4, -0.2) is 27.0 Å². The highest BCUT2D eigenvalue weighted by Gasteiger charge is 2.54. The summed E-state index contributed by atoms with van der Waals surface area (Å²) in [6.07, 6.45) is 4.98. The number of carbonyl (C=O) groups excluding carboxylic acids is 1. The summed E-state index contributed by atoms with van der Waals surface area (Å²) in [4.78, 5) is 20.5. The van der Waals surface area contributed by atoms with Crippen LogP contribution in [0.15, 0.2) is 30.5 Å². The van der Waals surface area contributed by atoms with E-state index in [4.69, 9.17) is 5.73 Å². The molecule has 2 fully saturated rings. The van der Waals surface area contributed by atoms with E-state index in [1.807, 2.05) is 24.3 Å². The Morgan fingerprint density at radius 1 is 1.23 bits per heavy atom. The quantitative estimate of drug-likeness (QED) is 0.573. The highest BCUT2D eigenvalue weighted by Crippen LogP contribution is 2.54. The third-order valence-electron chi connectivity index (χ3n) is 7.10. The zero-order valence-electron chi connectivity index (χ0n) is 16.6. The second-order valence-corrected chi connectivity index (χ2v) is 8.84. The fourth-order valence-corrected chi connectivity index (χ4v) is 5.81. The van der Waals surface area contributed by atoms with E-state index in [9.17, 15) is 14.3 Å². The van der Waals surface area contributed by atoms with Gasteiger partial charge in [-0.25, -0.2) is 9.37 Å². The molecule has 3 aliphatic rings. The van der Waals surface area contributed by atoms with Crippen LogP contribution >= 0.6 is 0 Å². The summed E-state index contributed by atoms with van der Waals surface area (Å²) in [5, 5.41) is 16.9. The van der Waals surface area contributed by atoms with Gasteiger partial charge in [-0.05, 0) is 61.1 Å². The molecule has 0 spiro atoms. The van der Waals surface area contributed by atoms with Gasteiger partial charge < -0.3 is 21.5 Å². The predicted molar refractivity (Wildman–Crippen MR) is 110 cm³/mol. The Morgan fingerprint density at radius 2 is 2.10 bits per heavy atom. The fourth-order valence-electron chi connectivity index (χ4n) is 5.81.